The molecule has 21 heavy (non-hydrogen) atoms. The van der Waals surface area contributed by atoms with E-state index < -0.39 is 10.0 Å². The Morgan fingerprint density at radius 2 is 2.05 bits per heavy atom. The maximum Gasteiger partial charge on any atom is 0.243 e. The summed E-state index contributed by atoms with van der Waals surface area (Å²) in [6.45, 7) is 1.97. The van der Waals surface area contributed by atoms with Gasteiger partial charge in [-0.05, 0) is 31.2 Å². The van der Waals surface area contributed by atoms with E-state index in [1.54, 1.807) is 24.3 Å². The van der Waals surface area contributed by atoms with Crippen LogP contribution < -0.4 is 5.73 Å². The van der Waals surface area contributed by atoms with Gasteiger partial charge in [-0.1, -0.05) is 24.4 Å². The highest BCUT2D eigenvalue weighted by Gasteiger charge is 2.22. The summed E-state index contributed by atoms with van der Waals surface area (Å²) in [5, 5.41) is 0. The second-order valence-electron chi connectivity index (χ2n) is 4.67. The minimum Gasteiger partial charge on any atom is -0.465 e. The van der Waals surface area contributed by atoms with Crippen molar-refractivity contribution < 1.29 is 12.8 Å². The zero-order valence-electron chi connectivity index (χ0n) is 11.7. The molecule has 7 heteroatoms. The van der Waals surface area contributed by atoms with Gasteiger partial charge < -0.3 is 10.2 Å². The first-order valence-electron chi connectivity index (χ1n) is 6.22. The molecule has 0 aliphatic carbocycles. The third-order valence-corrected chi connectivity index (χ3v) is 5.04. The topological polar surface area (TPSA) is 76.5 Å². The summed E-state index contributed by atoms with van der Waals surface area (Å²) in [5.74, 6) is 1.33. The van der Waals surface area contributed by atoms with Crippen molar-refractivity contribution in [3.63, 3.8) is 0 Å². The van der Waals surface area contributed by atoms with Crippen molar-refractivity contribution in [3.8, 4) is 0 Å². The number of nitrogens with zero attached hydrogens (tertiary/aromatic N) is 1. The summed E-state index contributed by atoms with van der Waals surface area (Å²) in [7, 11) is -2.13. The van der Waals surface area contributed by atoms with E-state index in [9.17, 15) is 8.42 Å². The molecule has 2 rings (SSSR count). The molecule has 0 unspecified atom stereocenters. The molecule has 0 spiro atoms. The average Bonchev–Trinajstić information content (AvgIpc) is 2.84. The number of hydrogen-bond donors (Lipinski definition) is 1. The zero-order valence-corrected chi connectivity index (χ0v) is 13.4. The number of benzene rings is 1. The Bertz CT molecular complexity index is 766. The lowest BCUT2D eigenvalue weighted by atomic mass is 10.2. The van der Waals surface area contributed by atoms with Gasteiger partial charge in [0.1, 0.15) is 16.5 Å². The molecule has 0 amide bonds. The standard InChI is InChI=1S/C14H16N2O3S2/c1-10-6-7-12(19-10)9-16(2)21(17,18)13-5-3-4-11(8-13)14(15)20/h3-8H,9H2,1-2H3,(H2,15,20). The van der Waals surface area contributed by atoms with Gasteiger partial charge in [0, 0.05) is 12.6 Å². The number of nitrogens with two attached hydrogens (primary N) is 1. The van der Waals surface area contributed by atoms with Crippen LogP contribution in [0.5, 0.6) is 0 Å². The largest absolute Gasteiger partial charge is 0.465 e. The second kappa shape index (κ2) is 5.97. The number of aryl methyl sites for hydroxylation is 1. The molecule has 1 aromatic heterocycles. The molecule has 0 radical (unpaired) electrons. The smallest absolute Gasteiger partial charge is 0.243 e. The van der Waals surface area contributed by atoms with Gasteiger partial charge in [0.15, 0.2) is 0 Å². The number of thiocarbonyl (C=S) groups is 1. The van der Waals surface area contributed by atoms with Crippen LogP contribution in [0.15, 0.2) is 45.7 Å². The van der Waals surface area contributed by atoms with Crippen molar-refractivity contribution in [3.05, 3.63) is 53.5 Å². The first-order chi connectivity index (χ1) is 9.80. The summed E-state index contributed by atoms with van der Waals surface area (Å²) in [6.07, 6.45) is 0. The Morgan fingerprint density at radius 3 is 2.62 bits per heavy atom. The Morgan fingerprint density at radius 1 is 1.33 bits per heavy atom. The fourth-order valence-corrected chi connectivity index (χ4v) is 3.17. The third-order valence-electron chi connectivity index (χ3n) is 3.00. The van der Waals surface area contributed by atoms with Crippen LogP contribution in [0.25, 0.3) is 0 Å². The van der Waals surface area contributed by atoms with Crippen LogP contribution in [0.2, 0.25) is 0 Å². The fraction of sp³-hybridized carbons (Fsp3) is 0.214. The predicted octanol–water partition coefficient (Wildman–Crippen LogP) is 2.04. The van der Waals surface area contributed by atoms with E-state index in [-0.39, 0.29) is 16.4 Å². The zero-order chi connectivity index (χ0) is 15.6. The predicted molar refractivity (Wildman–Crippen MR) is 84.4 cm³/mol. The van der Waals surface area contributed by atoms with Gasteiger partial charge in [0.2, 0.25) is 10.0 Å². The molecule has 0 saturated heterocycles. The molecule has 2 N–H and O–H groups in total. The van der Waals surface area contributed by atoms with E-state index in [4.69, 9.17) is 22.4 Å². The third kappa shape index (κ3) is 3.49. The van der Waals surface area contributed by atoms with E-state index in [1.807, 2.05) is 6.92 Å². The fourth-order valence-electron chi connectivity index (χ4n) is 1.86. The molecule has 1 aromatic carbocycles. The van der Waals surface area contributed by atoms with Crippen molar-refractivity contribution in [1.82, 2.24) is 4.31 Å². The lowest BCUT2D eigenvalue weighted by Crippen LogP contribution is -2.26. The number of rotatable bonds is 5. The maximum absolute atomic E-state index is 12.5. The molecule has 5 nitrogen and oxygen atoms in total. The summed E-state index contributed by atoms with van der Waals surface area (Å²) in [6, 6.07) is 9.84. The first kappa shape index (κ1) is 15.7. The molecule has 0 aliphatic rings. The summed E-state index contributed by atoms with van der Waals surface area (Å²) in [4.78, 5) is 0.315. The van der Waals surface area contributed by atoms with Crippen LogP contribution in [-0.2, 0) is 16.6 Å². The van der Waals surface area contributed by atoms with E-state index >= 15 is 0 Å². The summed E-state index contributed by atoms with van der Waals surface area (Å²) in [5.41, 5.74) is 6.06. The lowest BCUT2D eigenvalue weighted by Gasteiger charge is -2.16. The Balaban J connectivity index is 2.28. The highest BCUT2D eigenvalue weighted by molar-refractivity contribution is 7.89. The number of hydrogen-bond acceptors (Lipinski definition) is 4. The van der Waals surface area contributed by atoms with Crippen LogP contribution in [0.4, 0.5) is 0 Å². The normalized spacial score (nSPS) is 11.8. The van der Waals surface area contributed by atoms with Gasteiger partial charge >= 0.3 is 0 Å². The van der Waals surface area contributed by atoms with Gasteiger partial charge in [-0.15, -0.1) is 0 Å². The van der Waals surface area contributed by atoms with Crippen LogP contribution >= 0.6 is 12.2 Å². The molecule has 0 atom stereocenters. The lowest BCUT2D eigenvalue weighted by molar-refractivity contribution is 0.397. The van der Waals surface area contributed by atoms with E-state index in [2.05, 4.69) is 0 Å². The molecule has 0 fully saturated rings. The van der Waals surface area contributed by atoms with Crippen molar-refractivity contribution >= 4 is 27.2 Å². The minimum atomic E-state index is -3.63. The van der Waals surface area contributed by atoms with Crippen molar-refractivity contribution in [2.45, 2.75) is 18.4 Å². The Kier molecular flexibility index (Phi) is 4.46. The van der Waals surface area contributed by atoms with E-state index in [0.29, 0.717) is 11.3 Å². The first-order valence-corrected chi connectivity index (χ1v) is 8.07. The quantitative estimate of drug-likeness (QED) is 0.852. The summed E-state index contributed by atoms with van der Waals surface area (Å²) >= 11 is 4.87. The summed E-state index contributed by atoms with van der Waals surface area (Å²) < 4.78 is 31.7. The Labute approximate surface area is 129 Å². The maximum atomic E-state index is 12.5. The van der Waals surface area contributed by atoms with Gasteiger partial charge in [-0.2, -0.15) is 4.31 Å². The average molecular weight is 324 g/mol. The molecule has 0 bridgehead atoms. The minimum absolute atomic E-state index is 0.151. The van der Waals surface area contributed by atoms with Gasteiger partial charge in [-0.3, -0.25) is 0 Å². The van der Waals surface area contributed by atoms with Crippen LogP contribution in [0.1, 0.15) is 17.1 Å². The molecular formula is C14H16N2O3S2. The highest BCUT2D eigenvalue weighted by atomic mass is 32.2. The van der Waals surface area contributed by atoms with Gasteiger partial charge in [0.25, 0.3) is 0 Å². The van der Waals surface area contributed by atoms with Crippen LogP contribution in [0.3, 0.4) is 0 Å². The van der Waals surface area contributed by atoms with Crippen molar-refractivity contribution in [2.24, 2.45) is 5.73 Å². The van der Waals surface area contributed by atoms with E-state index in [0.717, 1.165) is 5.76 Å². The molecule has 2 aromatic rings. The number of sulfonamides is 1. The van der Waals surface area contributed by atoms with Gasteiger partial charge in [-0.25, -0.2) is 8.42 Å². The monoisotopic (exact) mass is 324 g/mol. The molecule has 1 heterocycles. The van der Waals surface area contributed by atoms with Crippen LogP contribution in [-0.4, -0.2) is 24.8 Å². The van der Waals surface area contributed by atoms with Crippen LogP contribution in [0, 0.1) is 6.92 Å². The highest BCUT2D eigenvalue weighted by Crippen LogP contribution is 2.19. The molecular weight excluding hydrogens is 308 g/mol. The Hall–Kier alpha value is -1.70. The SMILES string of the molecule is Cc1ccc(CN(C)S(=O)(=O)c2cccc(C(N)=S)c2)o1. The van der Waals surface area contributed by atoms with Crippen molar-refractivity contribution in [2.75, 3.05) is 7.05 Å². The molecule has 0 saturated carbocycles. The number of furan rings is 1. The molecule has 0 aliphatic heterocycles. The molecule has 112 valence electrons. The van der Waals surface area contributed by atoms with E-state index in [1.165, 1.54) is 23.5 Å². The second-order valence-corrected chi connectivity index (χ2v) is 7.15. The van der Waals surface area contributed by atoms with Gasteiger partial charge in [0.05, 0.1) is 11.4 Å². The van der Waals surface area contributed by atoms with Crippen molar-refractivity contribution in [1.29, 1.82) is 0 Å².